The number of para-hydroxylation sites is 1. The SMILES string of the molecule is Nc1c(Cl)cccc1NCCCOCC1CC1. The van der Waals surface area contributed by atoms with Gasteiger partial charge in [-0.25, -0.2) is 0 Å². The van der Waals surface area contributed by atoms with Crippen LogP contribution in [0.25, 0.3) is 0 Å². The first-order valence-corrected chi connectivity index (χ1v) is 6.51. The Morgan fingerprint density at radius 3 is 3.00 bits per heavy atom. The Kier molecular flexibility index (Phi) is 4.51. The number of nitrogens with one attached hydrogen (secondary N) is 1. The van der Waals surface area contributed by atoms with E-state index in [1.54, 1.807) is 6.07 Å². The number of nitrogens with two attached hydrogens (primary N) is 1. The van der Waals surface area contributed by atoms with Crippen molar-refractivity contribution in [2.45, 2.75) is 19.3 Å². The molecule has 1 aromatic carbocycles. The molecule has 2 rings (SSSR count). The van der Waals surface area contributed by atoms with Crippen molar-refractivity contribution in [1.82, 2.24) is 0 Å². The normalized spacial score (nSPS) is 14.9. The Balaban J connectivity index is 1.61. The Labute approximate surface area is 107 Å². The lowest BCUT2D eigenvalue weighted by Crippen LogP contribution is -2.08. The zero-order valence-electron chi connectivity index (χ0n) is 9.92. The Hall–Kier alpha value is -0.930. The van der Waals surface area contributed by atoms with Crippen LogP contribution in [0.5, 0.6) is 0 Å². The number of hydrogen-bond acceptors (Lipinski definition) is 3. The number of benzene rings is 1. The predicted octanol–water partition coefficient (Wildman–Crippen LogP) is 3.15. The maximum absolute atomic E-state index is 5.93. The number of hydrogen-bond donors (Lipinski definition) is 2. The van der Waals surface area contributed by atoms with E-state index in [9.17, 15) is 0 Å². The second kappa shape index (κ2) is 6.12. The summed E-state index contributed by atoms with van der Waals surface area (Å²) in [5.41, 5.74) is 7.37. The molecule has 0 spiro atoms. The van der Waals surface area contributed by atoms with E-state index in [-0.39, 0.29) is 0 Å². The topological polar surface area (TPSA) is 47.3 Å². The molecule has 0 aliphatic heterocycles. The molecule has 1 aromatic rings. The van der Waals surface area contributed by atoms with Gasteiger partial charge in [0.05, 0.1) is 16.4 Å². The van der Waals surface area contributed by atoms with E-state index < -0.39 is 0 Å². The predicted molar refractivity (Wildman–Crippen MR) is 72.5 cm³/mol. The third-order valence-electron chi connectivity index (χ3n) is 2.88. The highest BCUT2D eigenvalue weighted by molar-refractivity contribution is 6.33. The monoisotopic (exact) mass is 254 g/mol. The van der Waals surface area contributed by atoms with E-state index in [2.05, 4.69) is 5.32 Å². The Morgan fingerprint density at radius 2 is 2.24 bits per heavy atom. The minimum atomic E-state index is 0.597. The van der Waals surface area contributed by atoms with Crippen LogP contribution in [0.15, 0.2) is 18.2 Å². The molecule has 0 saturated heterocycles. The summed E-state index contributed by atoms with van der Waals surface area (Å²) in [6.45, 7) is 2.60. The summed E-state index contributed by atoms with van der Waals surface area (Å²) >= 11 is 5.93. The summed E-state index contributed by atoms with van der Waals surface area (Å²) in [5.74, 6) is 0.839. The summed E-state index contributed by atoms with van der Waals surface area (Å²) in [6.07, 6.45) is 3.67. The third kappa shape index (κ3) is 4.10. The molecular formula is C13H19ClN2O. The van der Waals surface area contributed by atoms with Crippen molar-refractivity contribution in [3.8, 4) is 0 Å². The first-order chi connectivity index (χ1) is 8.27. The third-order valence-corrected chi connectivity index (χ3v) is 3.21. The van der Waals surface area contributed by atoms with Gasteiger partial charge in [-0.2, -0.15) is 0 Å². The van der Waals surface area contributed by atoms with Gasteiger partial charge in [0.15, 0.2) is 0 Å². The number of nitrogen functional groups attached to an aromatic ring is 1. The molecule has 1 aliphatic carbocycles. The summed E-state index contributed by atoms with van der Waals surface area (Å²) in [6, 6.07) is 5.62. The lowest BCUT2D eigenvalue weighted by atomic mass is 10.2. The molecule has 0 radical (unpaired) electrons. The quantitative estimate of drug-likeness (QED) is 0.581. The van der Waals surface area contributed by atoms with Crippen LogP contribution in [0.2, 0.25) is 5.02 Å². The maximum Gasteiger partial charge on any atom is 0.0739 e. The van der Waals surface area contributed by atoms with Crippen LogP contribution in [0.1, 0.15) is 19.3 Å². The zero-order chi connectivity index (χ0) is 12.1. The van der Waals surface area contributed by atoms with E-state index in [0.717, 1.165) is 37.8 Å². The lowest BCUT2D eigenvalue weighted by molar-refractivity contribution is 0.124. The molecule has 3 nitrogen and oxygen atoms in total. The van der Waals surface area contributed by atoms with Crippen LogP contribution in [0.3, 0.4) is 0 Å². The first kappa shape index (κ1) is 12.5. The van der Waals surface area contributed by atoms with Gasteiger partial charge in [-0.3, -0.25) is 0 Å². The minimum absolute atomic E-state index is 0.597. The van der Waals surface area contributed by atoms with E-state index in [1.165, 1.54) is 12.8 Å². The standard InChI is InChI=1S/C13H19ClN2O/c14-11-3-1-4-12(13(11)15)16-7-2-8-17-9-10-5-6-10/h1,3-4,10,16H,2,5-9,15H2. The van der Waals surface area contributed by atoms with Gasteiger partial charge in [-0.1, -0.05) is 17.7 Å². The molecular weight excluding hydrogens is 236 g/mol. The van der Waals surface area contributed by atoms with Gasteiger partial charge < -0.3 is 15.8 Å². The molecule has 0 bridgehead atoms. The fourth-order valence-electron chi connectivity index (χ4n) is 1.62. The van der Waals surface area contributed by atoms with E-state index in [1.807, 2.05) is 12.1 Å². The van der Waals surface area contributed by atoms with Crippen LogP contribution < -0.4 is 11.1 Å². The van der Waals surface area contributed by atoms with Gasteiger partial charge in [-0.05, 0) is 37.3 Å². The fourth-order valence-corrected chi connectivity index (χ4v) is 1.80. The zero-order valence-corrected chi connectivity index (χ0v) is 10.7. The average Bonchev–Trinajstić information content (AvgIpc) is 3.12. The van der Waals surface area contributed by atoms with Crippen LogP contribution >= 0.6 is 11.6 Å². The van der Waals surface area contributed by atoms with Crippen molar-refractivity contribution in [3.63, 3.8) is 0 Å². The van der Waals surface area contributed by atoms with Gasteiger partial charge in [0.2, 0.25) is 0 Å². The van der Waals surface area contributed by atoms with Crippen molar-refractivity contribution >= 4 is 23.0 Å². The lowest BCUT2D eigenvalue weighted by Gasteiger charge is -2.10. The summed E-state index contributed by atoms with van der Waals surface area (Å²) in [7, 11) is 0. The van der Waals surface area contributed by atoms with Gasteiger partial charge in [0.25, 0.3) is 0 Å². The fraction of sp³-hybridized carbons (Fsp3) is 0.538. The molecule has 1 fully saturated rings. The molecule has 4 heteroatoms. The molecule has 1 aliphatic rings. The molecule has 0 amide bonds. The average molecular weight is 255 g/mol. The number of halogens is 1. The number of rotatable bonds is 7. The smallest absolute Gasteiger partial charge is 0.0739 e. The molecule has 0 aromatic heterocycles. The summed E-state index contributed by atoms with van der Waals surface area (Å²) < 4.78 is 5.55. The highest BCUT2D eigenvalue weighted by Gasteiger charge is 2.20. The van der Waals surface area contributed by atoms with Crippen molar-refractivity contribution in [2.75, 3.05) is 30.8 Å². The van der Waals surface area contributed by atoms with Crippen LogP contribution in [-0.4, -0.2) is 19.8 Å². The molecule has 0 heterocycles. The van der Waals surface area contributed by atoms with Crippen molar-refractivity contribution in [1.29, 1.82) is 0 Å². The van der Waals surface area contributed by atoms with Gasteiger partial charge in [0.1, 0.15) is 0 Å². The Morgan fingerprint density at radius 1 is 1.41 bits per heavy atom. The highest BCUT2D eigenvalue weighted by atomic mass is 35.5. The van der Waals surface area contributed by atoms with Gasteiger partial charge >= 0.3 is 0 Å². The van der Waals surface area contributed by atoms with E-state index in [4.69, 9.17) is 22.1 Å². The summed E-state index contributed by atoms with van der Waals surface area (Å²) in [5, 5.41) is 3.87. The Bertz CT molecular complexity index is 366. The molecule has 94 valence electrons. The van der Waals surface area contributed by atoms with Crippen molar-refractivity contribution in [3.05, 3.63) is 23.2 Å². The number of anilines is 2. The minimum Gasteiger partial charge on any atom is -0.396 e. The molecule has 0 atom stereocenters. The van der Waals surface area contributed by atoms with Crippen LogP contribution in [0, 0.1) is 5.92 Å². The second-order valence-electron chi connectivity index (χ2n) is 4.50. The van der Waals surface area contributed by atoms with E-state index in [0.29, 0.717) is 10.7 Å². The van der Waals surface area contributed by atoms with Crippen molar-refractivity contribution < 1.29 is 4.74 Å². The molecule has 17 heavy (non-hydrogen) atoms. The van der Waals surface area contributed by atoms with Gasteiger partial charge in [-0.15, -0.1) is 0 Å². The van der Waals surface area contributed by atoms with Gasteiger partial charge in [0, 0.05) is 19.8 Å². The van der Waals surface area contributed by atoms with E-state index >= 15 is 0 Å². The molecule has 1 saturated carbocycles. The highest BCUT2D eigenvalue weighted by Crippen LogP contribution is 2.29. The first-order valence-electron chi connectivity index (χ1n) is 6.13. The van der Waals surface area contributed by atoms with Crippen LogP contribution in [-0.2, 0) is 4.74 Å². The van der Waals surface area contributed by atoms with Crippen molar-refractivity contribution in [2.24, 2.45) is 5.92 Å². The second-order valence-corrected chi connectivity index (χ2v) is 4.91. The maximum atomic E-state index is 5.93. The largest absolute Gasteiger partial charge is 0.396 e. The van der Waals surface area contributed by atoms with Crippen LogP contribution in [0.4, 0.5) is 11.4 Å². The molecule has 0 unspecified atom stereocenters. The number of ether oxygens (including phenoxy) is 1. The summed E-state index contributed by atoms with van der Waals surface area (Å²) in [4.78, 5) is 0. The molecule has 3 N–H and O–H groups in total.